The maximum absolute atomic E-state index is 12.2. The standard InChI is InChI=1S/C21H24N2OS2/c1-13-16-10-6-7-11-18(16)26-20(13)17-12-25-21(22-17)23-19(14(2)24)15-8-4-3-5-9-15/h6-7,10-12,15,19H,3-5,8-9H2,1-2H3,(H,22,23). The van der Waals surface area contributed by atoms with Crippen LogP contribution in [0.1, 0.15) is 44.6 Å². The van der Waals surface area contributed by atoms with E-state index >= 15 is 0 Å². The smallest absolute Gasteiger partial charge is 0.183 e. The number of thiophene rings is 1. The molecule has 1 atom stereocenters. The Kier molecular flexibility index (Phi) is 5.09. The lowest BCUT2D eigenvalue weighted by Crippen LogP contribution is -2.36. The van der Waals surface area contributed by atoms with E-state index in [1.54, 1.807) is 29.6 Å². The molecule has 1 saturated carbocycles. The van der Waals surface area contributed by atoms with Crippen LogP contribution >= 0.6 is 22.7 Å². The average molecular weight is 385 g/mol. The molecule has 0 saturated heterocycles. The minimum Gasteiger partial charge on any atom is -0.351 e. The number of fused-ring (bicyclic) bond motifs is 1. The quantitative estimate of drug-likeness (QED) is 0.562. The van der Waals surface area contributed by atoms with Crippen molar-refractivity contribution in [1.82, 2.24) is 4.98 Å². The van der Waals surface area contributed by atoms with E-state index in [4.69, 9.17) is 4.98 Å². The van der Waals surface area contributed by atoms with Crippen LogP contribution in [0.2, 0.25) is 0 Å². The highest BCUT2D eigenvalue weighted by molar-refractivity contribution is 7.23. The Morgan fingerprint density at radius 1 is 1.23 bits per heavy atom. The van der Waals surface area contributed by atoms with Crippen LogP contribution < -0.4 is 5.32 Å². The predicted octanol–water partition coefficient (Wildman–Crippen LogP) is 6.28. The summed E-state index contributed by atoms with van der Waals surface area (Å²) >= 11 is 3.40. The predicted molar refractivity (Wildman–Crippen MR) is 112 cm³/mol. The van der Waals surface area contributed by atoms with Crippen molar-refractivity contribution in [2.45, 2.75) is 52.0 Å². The van der Waals surface area contributed by atoms with E-state index < -0.39 is 0 Å². The summed E-state index contributed by atoms with van der Waals surface area (Å²) in [5.74, 6) is 0.673. The van der Waals surface area contributed by atoms with Gasteiger partial charge in [0.1, 0.15) is 0 Å². The molecular formula is C21H24N2OS2. The van der Waals surface area contributed by atoms with E-state index in [0.29, 0.717) is 5.92 Å². The van der Waals surface area contributed by atoms with E-state index in [9.17, 15) is 4.79 Å². The third kappa shape index (κ3) is 3.42. The zero-order valence-electron chi connectivity index (χ0n) is 15.2. The van der Waals surface area contributed by atoms with E-state index in [1.807, 2.05) is 0 Å². The average Bonchev–Trinajstić information content (AvgIpc) is 3.25. The number of rotatable bonds is 5. The number of aryl methyl sites for hydroxylation is 1. The van der Waals surface area contributed by atoms with Gasteiger partial charge in [-0.3, -0.25) is 4.79 Å². The van der Waals surface area contributed by atoms with Gasteiger partial charge in [-0.1, -0.05) is 37.5 Å². The Hall–Kier alpha value is -1.72. The van der Waals surface area contributed by atoms with Crippen molar-refractivity contribution in [1.29, 1.82) is 0 Å². The second-order valence-corrected chi connectivity index (χ2v) is 9.13. The highest BCUT2D eigenvalue weighted by Crippen LogP contribution is 2.39. The van der Waals surface area contributed by atoms with Crippen molar-refractivity contribution in [3.8, 4) is 10.6 Å². The van der Waals surface area contributed by atoms with Crippen LogP contribution in [0, 0.1) is 12.8 Å². The van der Waals surface area contributed by atoms with Gasteiger partial charge in [-0.15, -0.1) is 22.7 Å². The van der Waals surface area contributed by atoms with E-state index in [1.165, 1.54) is 39.8 Å². The normalized spacial score (nSPS) is 16.7. The third-order valence-corrected chi connectivity index (χ3v) is 7.49. The first-order chi connectivity index (χ1) is 12.6. The highest BCUT2D eigenvalue weighted by Gasteiger charge is 2.28. The van der Waals surface area contributed by atoms with Crippen LogP contribution in [-0.4, -0.2) is 16.8 Å². The summed E-state index contributed by atoms with van der Waals surface area (Å²) in [6, 6.07) is 8.40. The van der Waals surface area contributed by atoms with Gasteiger partial charge in [-0.2, -0.15) is 0 Å². The number of Topliss-reactive ketones (excluding diaryl/α,β-unsaturated/α-hetero) is 1. The number of aromatic nitrogens is 1. The lowest BCUT2D eigenvalue weighted by Gasteiger charge is -2.29. The van der Waals surface area contributed by atoms with Crippen LogP contribution in [0.3, 0.4) is 0 Å². The lowest BCUT2D eigenvalue weighted by molar-refractivity contribution is -0.119. The van der Waals surface area contributed by atoms with Crippen molar-refractivity contribution >= 4 is 43.7 Å². The molecule has 0 aliphatic heterocycles. The summed E-state index contributed by atoms with van der Waals surface area (Å²) in [6.07, 6.45) is 6.06. The molecule has 1 aliphatic rings. The molecule has 5 heteroatoms. The molecule has 1 unspecified atom stereocenters. The first kappa shape index (κ1) is 17.7. The number of hydrogen-bond donors (Lipinski definition) is 1. The van der Waals surface area contributed by atoms with Crippen LogP contribution in [0.5, 0.6) is 0 Å². The molecule has 2 heterocycles. The molecule has 136 valence electrons. The van der Waals surface area contributed by atoms with E-state index in [0.717, 1.165) is 23.7 Å². The molecule has 1 aromatic carbocycles. The fraction of sp³-hybridized carbons (Fsp3) is 0.429. The Balaban J connectivity index is 1.58. The van der Waals surface area contributed by atoms with Gasteiger partial charge >= 0.3 is 0 Å². The number of hydrogen-bond acceptors (Lipinski definition) is 5. The van der Waals surface area contributed by atoms with Gasteiger partial charge in [0.25, 0.3) is 0 Å². The molecule has 26 heavy (non-hydrogen) atoms. The summed E-state index contributed by atoms with van der Waals surface area (Å²) in [5, 5.41) is 7.73. The summed E-state index contributed by atoms with van der Waals surface area (Å²) in [4.78, 5) is 18.3. The molecule has 0 amide bonds. The zero-order chi connectivity index (χ0) is 18.1. The first-order valence-corrected chi connectivity index (χ1v) is 11.0. The Bertz CT molecular complexity index is 921. The van der Waals surface area contributed by atoms with Crippen LogP contribution in [0.25, 0.3) is 20.7 Å². The zero-order valence-corrected chi connectivity index (χ0v) is 16.9. The molecule has 0 radical (unpaired) electrons. The van der Waals surface area contributed by atoms with E-state index in [2.05, 4.69) is 41.9 Å². The second kappa shape index (κ2) is 7.49. The molecule has 4 rings (SSSR count). The maximum Gasteiger partial charge on any atom is 0.183 e. The fourth-order valence-corrected chi connectivity index (χ4v) is 6.00. The Morgan fingerprint density at radius 2 is 2.00 bits per heavy atom. The van der Waals surface area contributed by atoms with Crippen molar-refractivity contribution < 1.29 is 4.79 Å². The maximum atomic E-state index is 12.2. The van der Waals surface area contributed by atoms with Crippen molar-refractivity contribution in [2.24, 2.45) is 5.92 Å². The van der Waals surface area contributed by atoms with Crippen LogP contribution in [-0.2, 0) is 4.79 Å². The number of nitrogens with zero attached hydrogens (tertiary/aromatic N) is 1. The summed E-state index contributed by atoms with van der Waals surface area (Å²) in [6.45, 7) is 3.87. The molecule has 3 nitrogen and oxygen atoms in total. The van der Waals surface area contributed by atoms with E-state index in [-0.39, 0.29) is 11.8 Å². The Morgan fingerprint density at radius 3 is 2.73 bits per heavy atom. The largest absolute Gasteiger partial charge is 0.351 e. The first-order valence-electron chi connectivity index (χ1n) is 9.34. The summed E-state index contributed by atoms with van der Waals surface area (Å²) in [7, 11) is 0. The van der Waals surface area contributed by atoms with Crippen LogP contribution in [0.4, 0.5) is 5.13 Å². The topological polar surface area (TPSA) is 42.0 Å². The van der Waals surface area contributed by atoms with Crippen molar-refractivity contribution in [3.05, 3.63) is 35.2 Å². The molecule has 1 aliphatic carbocycles. The van der Waals surface area contributed by atoms with Gasteiger partial charge in [0.05, 0.1) is 16.6 Å². The van der Waals surface area contributed by atoms with Gasteiger partial charge < -0.3 is 5.32 Å². The number of benzene rings is 1. The van der Waals surface area contributed by atoms with Crippen LogP contribution in [0.15, 0.2) is 29.6 Å². The number of carbonyl (C=O) groups is 1. The monoisotopic (exact) mass is 384 g/mol. The molecule has 0 spiro atoms. The molecule has 0 bridgehead atoms. The van der Waals surface area contributed by atoms with Crippen molar-refractivity contribution in [3.63, 3.8) is 0 Å². The van der Waals surface area contributed by atoms with Gasteiger partial charge in [-0.05, 0) is 49.6 Å². The van der Waals surface area contributed by atoms with Gasteiger partial charge in [-0.25, -0.2) is 4.98 Å². The third-order valence-electron chi connectivity index (χ3n) is 5.42. The lowest BCUT2D eigenvalue weighted by atomic mass is 9.82. The number of nitrogens with one attached hydrogen (secondary N) is 1. The minimum atomic E-state index is -0.0993. The van der Waals surface area contributed by atoms with Crippen molar-refractivity contribution in [2.75, 3.05) is 5.32 Å². The molecular weight excluding hydrogens is 360 g/mol. The number of thiazole rings is 1. The summed E-state index contributed by atoms with van der Waals surface area (Å²) < 4.78 is 1.30. The minimum absolute atomic E-state index is 0.0993. The second-order valence-electron chi connectivity index (χ2n) is 7.22. The van der Waals surface area contributed by atoms with Gasteiger partial charge in [0, 0.05) is 10.1 Å². The number of anilines is 1. The highest BCUT2D eigenvalue weighted by atomic mass is 32.1. The fourth-order valence-electron chi connectivity index (χ4n) is 4.01. The molecule has 1 N–H and O–H groups in total. The number of carbonyl (C=O) groups excluding carboxylic acids is 1. The number of ketones is 1. The molecule has 1 fully saturated rings. The van der Waals surface area contributed by atoms with Gasteiger partial charge in [0.15, 0.2) is 10.9 Å². The SMILES string of the molecule is CC(=O)C(Nc1nc(-c2sc3ccccc3c2C)cs1)C1CCCCC1. The summed E-state index contributed by atoms with van der Waals surface area (Å²) in [5.41, 5.74) is 2.31. The Labute approximate surface area is 162 Å². The molecule has 3 aromatic rings. The molecule has 2 aromatic heterocycles. The van der Waals surface area contributed by atoms with Gasteiger partial charge in [0.2, 0.25) is 0 Å².